The molecular weight excluding hydrogens is 368 g/mol. The summed E-state index contributed by atoms with van der Waals surface area (Å²) in [5.41, 5.74) is 2.68. The van der Waals surface area contributed by atoms with Gasteiger partial charge in [0.25, 0.3) is 5.91 Å². The van der Waals surface area contributed by atoms with Gasteiger partial charge >= 0.3 is 0 Å². The molecule has 0 bridgehead atoms. The number of hydrogen-bond donors (Lipinski definition) is 2. The number of aliphatic hydroxyl groups is 1. The Morgan fingerprint density at radius 2 is 1.75 bits per heavy atom. The van der Waals surface area contributed by atoms with Crippen molar-refractivity contribution < 1.29 is 9.90 Å². The van der Waals surface area contributed by atoms with E-state index in [2.05, 4.69) is 29.3 Å². The summed E-state index contributed by atoms with van der Waals surface area (Å²) in [6.45, 7) is 4.67. The van der Waals surface area contributed by atoms with Crippen molar-refractivity contribution in [3.63, 3.8) is 0 Å². The van der Waals surface area contributed by atoms with E-state index in [-0.39, 0.29) is 11.9 Å². The lowest BCUT2D eigenvalue weighted by molar-refractivity contribution is 0.0970. The number of thiocarbonyl (C=S) groups is 1. The standard InChI is InChI=1S/C23H28N2O2S/c1-3-15-25(23(28)24-22(27)20-7-5-4-6-8-20)21(19-13-14-19)18-11-9-17(10-12-18)16(2)26/h4-12,16,19,21,26H,3,13-15H2,1-2H3,(H,24,27,28). The highest BCUT2D eigenvalue weighted by Gasteiger charge is 2.37. The molecule has 1 fully saturated rings. The van der Waals surface area contributed by atoms with Crippen molar-refractivity contribution >= 4 is 23.2 Å². The molecule has 148 valence electrons. The van der Waals surface area contributed by atoms with Gasteiger partial charge in [-0.15, -0.1) is 0 Å². The molecule has 2 N–H and O–H groups in total. The van der Waals surface area contributed by atoms with Gasteiger partial charge in [0.2, 0.25) is 0 Å². The van der Waals surface area contributed by atoms with Crippen molar-refractivity contribution in [3.05, 3.63) is 71.3 Å². The van der Waals surface area contributed by atoms with Crippen LogP contribution < -0.4 is 5.32 Å². The Bertz CT molecular complexity index is 801. The lowest BCUT2D eigenvalue weighted by Crippen LogP contribution is -2.45. The van der Waals surface area contributed by atoms with E-state index >= 15 is 0 Å². The molecule has 1 aliphatic carbocycles. The highest BCUT2D eigenvalue weighted by molar-refractivity contribution is 7.80. The topological polar surface area (TPSA) is 52.6 Å². The van der Waals surface area contributed by atoms with Crippen molar-refractivity contribution in [2.45, 2.75) is 45.3 Å². The van der Waals surface area contributed by atoms with Gasteiger partial charge in [0.15, 0.2) is 5.11 Å². The normalized spacial score (nSPS) is 15.5. The largest absolute Gasteiger partial charge is 0.389 e. The maximum absolute atomic E-state index is 12.6. The Balaban J connectivity index is 1.81. The molecule has 28 heavy (non-hydrogen) atoms. The van der Waals surface area contributed by atoms with Crippen LogP contribution in [0.5, 0.6) is 0 Å². The van der Waals surface area contributed by atoms with E-state index in [0.29, 0.717) is 16.6 Å². The molecule has 1 aliphatic rings. The smallest absolute Gasteiger partial charge is 0.257 e. The molecule has 4 nitrogen and oxygen atoms in total. The third-order valence-corrected chi connectivity index (χ3v) is 5.48. The third-order valence-electron chi connectivity index (χ3n) is 5.15. The summed E-state index contributed by atoms with van der Waals surface area (Å²) >= 11 is 5.66. The maximum Gasteiger partial charge on any atom is 0.257 e. The average molecular weight is 397 g/mol. The molecule has 0 aliphatic heterocycles. The van der Waals surface area contributed by atoms with E-state index < -0.39 is 6.10 Å². The van der Waals surface area contributed by atoms with E-state index in [0.717, 1.165) is 31.4 Å². The molecule has 2 aromatic carbocycles. The average Bonchev–Trinajstić information content (AvgIpc) is 3.53. The molecule has 2 aromatic rings. The van der Waals surface area contributed by atoms with Gasteiger partial charge in [-0.2, -0.15) is 0 Å². The maximum atomic E-state index is 12.6. The van der Waals surface area contributed by atoms with E-state index in [1.807, 2.05) is 30.3 Å². The summed E-state index contributed by atoms with van der Waals surface area (Å²) in [6.07, 6.45) is 2.79. The molecule has 1 amide bonds. The minimum atomic E-state index is -0.480. The van der Waals surface area contributed by atoms with Gasteiger partial charge < -0.3 is 10.0 Å². The van der Waals surface area contributed by atoms with Crippen molar-refractivity contribution in [2.75, 3.05) is 6.54 Å². The lowest BCUT2D eigenvalue weighted by atomic mass is 9.98. The Morgan fingerprint density at radius 3 is 2.29 bits per heavy atom. The van der Waals surface area contributed by atoms with E-state index in [1.165, 1.54) is 5.56 Å². The monoisotopic (exact) mass is 396 g/mol. The molecule has 0 radical (unpaired) electrons. The quantitative estimate of drug-likeness (QED) is 0.671. The van der Waals surface area contributed by atoms with Crippen LogP contribution >= 0.6 is 12.2 Å². The van der Waals surface area contributed by atoms with Crippen LogP contribution in [0.25, 0.3) is 0 Å². The number of nitrogens with zero attached hydrogens (tertiary/aromatic N) is 1. The molecule has 2 atom stereocenters. The molecule has 5 heteroatoms. The minimum Gasteiger partial charge on any atom is -0.389 e. The van der Waals surface area contributed by atoms with Gasteiger partial charge in [-0.3, -0.25) is 10.1 Å². The fraction of sp³-hybridized carbons (Fsp3) is 0.391. The lowest BCUT2D eigenvalue weighted by Gasteiger charge is -2.34. The number of hydrogen-bond acceptors (Lipinski definition) is 3. The fourth-order valence-electron chi connectivity index (χ4n) is 3.53. The van der Waals surface area contributed by atoms with Crippen LogP contribution in [0.4, 0.5) is 0 Å². The van der Waals surface area contributed by atoms with Crippen LogP contribution in [0.2, 0.25) is 0 Å². The first-order valence-electron chi connectivity index (χ1n) is 9.96. The Morgan fingerprint density at radius 1 is 1.14 bits per heavy atom. The van der Waals surface area contributed by atoms with Gasteiger partial charge in [0.1, 0.15) is 0 Å². The summed E-state index contributed by atoms with van der Waals surface area (Å²) in [5.74, 6) is 0.362. The van der Waals surface area contributed by atoms with Gasteiger partial charge in [0, 0.05) is 12.1 Å². The number of carbonyl (C=O) groups excluding carboxylic acids is 1. The Labute approximate surface area is 172 Å². The zero-order chi connectivity index (χ0) is 20.1. The summed E-state index contributed by atoms with van der Waals surface area (Å²) in [7, 11) is 0. The van der Waals surface area contributed by atoms with Crippen LogP contribution in [0.15, 0.2) is 54.6 Å². The number of carbonyl (C=O) groups is 1. The van der Waals surface area contributed by atoms with Gasteiger partial charge in [0.05, 0.1) is 12.1 Å². The van der Waals surface area contributed by atoms with Crippen LogP contribution in [-0.4, -0.2) is 27.6 Å². The summed E-state index contributed by atoms with van der Waals surface area (Å²) in [4.78, 5) is 14.7. The summed E-state index contributed by atoms with van der Waals surface area (Å²) in [6, 6.07) is 17.4. The second-order valence-electron chi connectivity index (χ2n) is 7.44. The van der Waals surface area contributed by atoms with E-state index in [4.69, 9.17) is 12.2 Å². The van der Waals surface area contributed by atoms with Crippen molar-refractivity contribution in [1.82, 2.24) is 10.2 Å². The van der Waals surface area contributed by atoms with Gasteiger partial charge in [-0.25, -0.2) is 0 Å². The predicted molar refractivity (Wildman–Crippen MR) is 116 cm³/mol. The first kappa shape index (κ1) is 20.5. The second kappa shape index (κ2) is 9.30. The first-order valence-corrected chi connectivity index (χ1v) is 10.4. The number of nitrogens with one attached hydrogen (secondary N) is 1. The molecule has 0 heterocycles. The molecule has 1 saturated carbocycles. The van der Waals surface area contributed by atoms with Crippen LogP contribution in [0.1, 0.15) is 66.7 Å². The van der Waals surface area contributed by atoms with Crippen LogP contribution in [-0.2, 0) is 0 Å². The van der Waals surface area contributed by atoms with Gasteiger partial charge in [-0.05, 0) is 67.6 Å². The molecule has 3 rings (SSSR count). The highest BCUT2D eigenvalue weighted by atomic mass is 32.1. The molecule has 0 aromatic heterocycles. The summed E-state index contributed by atoms with van der Waals surface area (Å²) in [5, 5.41) is 13.2. The molecule has 2 unspecified atom stereocenters. The van der Waals surface area contributed by atoms with Crippen molar-refractivity contribution in [1.29, 1.82) is 0 Å². The SMILES string of the molecule is CCCN(C(=S)NC(=O)c1ccccc1)C(c1ccc(C(C)O)cc1)C1CC1. The minimum absolute atomic E-state index is 0.145. The van der Waals surface area contributed by atoms with Gasteiger partial charge in [-0.1, -0.05) is 49.4 Å². The molecule has 0 saturated heterocycles. The number of amides is 1. The zero-order valence-corrected chi connectivity index (χ0v) is 17.3. The van der Waals surface area contributed by atoms with Crippen LogP contribution in [0.3, 0.4) is 0 Å². The zero-order valence-electron chi connectivity index (χ0n) is 16.5. The predicted octanol–water partition coefficient (Wildman–Crippen LogP) is 4.62. The molecule has 0 spiro atoms. The third kappa shape index (κ3) is 4.97. The Kier molecular flexibility index (Phi) is 6.81. The number of rotatable bonds is 7. The highest BCUT2D eigenvalue weighted by Crippen LogP contribution is 2.45. The Hall–Kier alpha value is -2.24. The van der Waals surface area contributed by atoms with Crippen molar-refractivity contribution in [3.8, 4) is 0 Å². The van der Waals surface area contributed by atoms with E-state index in [9.17, 15) is 9.90 Å². The second-order valence-corrected chi connectivity index (χ2v) is 7.83. The molecular formula is C23H28N2O2S. The van der Waals surface area contributed by atoms with Crippen LogP contribution in [0, 0.1) is 5.92 Å². The summed E-state index contributed by atoms with van der Waals surface area (Å²) < 4.78 is 0. The first-order chi connectivity index (χ1) is 13.5. The fourth-order valence-corrected chi connectivity index (χ4v) is 3.83. The van der Waals surface area contributed by atoms with Crippen molar-refractivity contribution in [2.24, 2.45) is 5.92 Å². The number of benzene rings is 2. The van der Waals surface area contributed by atoms with E-state index in [1.54, 1.807) is 19.1 Å². The number of aliphatic hydroxyl groups excluding tert-OH is 1.